The van der Waals surface area contributed by atoms with Gasteiger partial charge in [0.05, 0.1) is 48.2 Å². The van der Waals surface area contributed by atoms with Crippen molar-refractivity contribution in [2.75, 3.05) is 44.6 Å². The number of aromatic amines is 1. The van der Waals surface area contributed by atoms with Gasteiger partial charge >= 0.3 is 0 Å². The van der Waals surface area contributed by atoms with Crippen LogP contribution in [0.5, 0.6) is 0 Å². The zero-order valence-electron chi connectivity index (χ0n) is 19.6. The van der Waals surface area contributed by atoms with Crippen molar-refractivity contribution >= 4 is 56.8 Å². The van der Waals surface area contributed by atoms with E-state index in [1.54, 1.807) is 18.5 Å². The molecule has 5 rings (SSSR count). The first-order chi connectivity index (χ1) is 16.7. The van der Waals surface area contributed by atoms with Crippen molar-refractivity contribution < 1.29 is 19.1 Å². The van der Waals surface area contributed by atoms with Crippen molar-refractivity contribution in [3.63, 3.8) is 0 Å². The van der Waals surface area contributed by atoms with Gasteiger partial charge in [-0.25, -0.2) is 0 Å². The van der Waals surface area contributed by atoms with E-state index in [4.69, 9.17) is 16.3 Å². The van der Waals surface area contributed by atoms with E-state index >= 15 is 0 Å². The molecule has 35 heavy (non-hydrogen) atoms. The summed E-state index contributed by atoms with van der Waals surface area (Å²) in [5, 5.41) is 8.02. The van der Waals surface area contributed by atoms with Crippen LogP contribution in [-0.4, -0.2) is 88.5 Å². The van der Waals surface area contributed by atoms with Gasteiger partial charge in [-0.3, -0.25) is 24.3 Å². The first-order valence-electron chi connectivity index (χ1n) is 11.5. The minimum atomic E-state index is -0.689. The zero-order valence-corrected chi connectivity index (χ0v) is 20.3. The van der Waals surface area contributed by atoms with Crippen molar-refractivity contribution in [3.8, 4) is 0 Å². The fraction of sp³-hybridized carbons (Fsp3) is 0.417. The molecule has 4 heterocycles. The van der Waals surface area contributed by atoms with E-state index in [1.165, 1.54) is 4.90 Å². The molecular formula is C24H27ClN6O4. The smallest absolute Gasteiger partial charge is 0.244 e. The number of rotatable bonds is 4. The average Bonchev–Trinajstić information content (AvgIpc) is 3.17. The van der Waals surface area contributed by atoms with E-state index in [0.29, 0.717) is 30.3 Å². The van der Waals surface area contributed by atoms with Gasteiger partial charge in [-0.1, -0.05) is 11.6 Å². The van der Waals surface area contributed by atoms with Gasteiger partial charge in [0.2, 0.25) is 17.7 Å². The number of carbonyl (C=O) groups is 3. The lowest BCUT2D eigenvalue weighted by molar-refractivity contribution is -0.152. The number of nitrogens with one attached hydrogen (secondary N) is 3. The molecule has 2 aliphatic rings. The molecule has 0 saturated carbocycles. The Balaban J connectivity index is 1.39. The third-order valence-electron chi connectivity index (χ3n) is 6.42. The highest BCUT2D eigenvalue weighted by atomic mass is 35.5. The number of pyridine rings is 1. The Morgan fingerprint density at radius 1 is 1.31 bits per heavy atom. The number of benzene rings is 1. The van der Waals surface area contributed by atoms with E-state index in [1.807, 2.05) is 30.9 Å². The molecule has 2 saturated heterocycles. The molecule has 0 radical (unpaired) electrons. The summed E-state index contributed by atoms with van der Waals surface area (Å²) in [4.78, 5) is 49.0. The SMILES string of the molecule is CC1(C)CN(CC(=O)N2CCNC(=O)C2)[C@H](C(=O)Nc2cc(Cl)cc3c2[nH]c2cnccc23)CO1. The van der Waals surface area contributed by atoms with Crippen molar-refractivity contribution in [2.45, 2.75) is 25.5 Å². The van der Waals surface area contributed by atoms with E-state index < -0.39 is 11.6 Å². The number of anilines is 1. The Kier molecular flexibility index (Phi) is 6.12. The first-order valence-corrected chi connectivity index (χ1v) is 11.9. The number of H-pyrrole nitrogens is 1. The first kappa shape index (κ1) is 23.5. The van der Waals surface area contributed by atoms with Crippen molar-refractivity contribution in [2.24, 2.45) is 0 Å². The third kappa shape index (κ3) is 4.82. The number of nitrogens with zero attached hydrogens (tertiary/aromatic N) is 3. The Morgan fingerprint density at radius 2 is 2.14 bits per heavy atom. The van der Waals surface area contributed by atoms with Crippen LogP contribution in [0.3, 0.4) is 0 Å². The Labute approximate surface area is 206 Å². The van der Waals surface area contributed by atoms with E-state index in [9.17, 15) is 14.4 Å². The monoisotopic (exact) mass is 498 g/mol. The summed E-state index contributed by atoms with van der Waals surface area (Å²) in [6, 6.07) is 4.74. The average molecular weight is 499 g/mol. The summed E-state index contributed by atoms with van der Waals surface area (Å²) in [6.07, 6.45) is 3.43. The fourth-order valence-electron chi connectivity index (χ4n) is 4.72. The summed E-state index contributed by atoms with van der Waals surface area (Å²) < 4.78 is 5.94. The zero-order chi connectivity index (χ0) is 24.7. The molecule has 2 fully saturated rings. The standard InChI is InChI=1S/C24H27ClN6O4/c1-24(2)13-31(11-21(33)30-6-5-27-20(32)10-30)19(12-35-24)23(34)29-17-8-14(25)7-16-15-3-4-26-9-18(15)28-22(16)17/h3-4,7-9,19,28H,5-6,10-13H2,1-2H3,(H,27,32)(H,29,34)/t19-/m0/s1. The summed E-state index contributed by atoms with van der Waals surface area (Å²) in [6.45, 7) is 5.28. The largest absolute Gasteiger partial charge is 0.372 e. The van der Waals surface area contributed by atoms with Crippen LogP contribution in [0.25, 0.3) is 21.8 Å². The van der Waals surface area contributed by atoms with Crippen LogP contribution in [-0.2, 0) is 19.1 Å². The van der Waals surface area contributed by atoms with Crippen LogP contribution in [0, 0.1) is 0 Å². The molecule has 184 valence electrons. The second-order valence-electron chi connectivity index (χ2n) is 9.57. The number of carbonyl (C=O) groups excluding carboxylic acids is 3. The second-order valence-corrected chi connectivity index (χ2v) is 10.0. The number of hydrogen-bond donors (Lipinski definition) is 3. The molecule has 1 atom stereocenters. The van der Waals surface area contributed by atoms with Crippen LogP contribution in [0.15, 0.2) is 30.6 Å². The maximum absolute atomic E-state index is 13.5. The lowest BCUT2D eigenvalue weighted by Gasteiger charge is -2.43. The number of morpholine rings is 1. The van der Waals surface area contributed by atoms with Gasteiger partial charge in [0.1, 0.15) is 6.04 Å². The number of hydrogen-bond acceptors (Lipinski definition) is 6. The Bertz CT molecular complexity index is 1320. The van der Waals surface area contributed by atoms with Crippen LogP contribution in [0.4, 0.5) is 5.69 Å². The molecule has 2 aliphatic heterocycles. The minimum Gasteiger partial charge on any atom is -0.372 e. The van der Waals surface area contributed by atoms with Crippen LogP contribution in [0.1, 0.15) is 13.8 Å². The van der Waals surface area contributed by atoms with Crippen LogP contribution in [0.2, 0.25) is 5.02 Å². The fourth-order valence-corrected chi connectivity index (χ4v) is 4.94. The Hall–Kier alpha value is -3.21. The second kappa shape index (κ2) is 9.10. The van der Waals surface area contributed by atoms with Gasteiger partial charge in [0.25, 0.3) is 0 Å². The number of aromatic nitrogens is 2. The predicted octanol–water partition coefficient (Wildman–Crippen LogP) is 1.75. The van der Waals surface area contributed by atoms with Gasteiger partial charge in [0.15, 0.2) is 0 Å². The van der Waals surface area contributed by atoms with E-state index in [0.717, 1.165) is 21.8 Å². The van der Waals surface area contributed by atoms with Gasteiger partial charge in [-0.2, -0.15) is 0 Å². The highest BCUT2D eigenvalue weighted by Crippen LogP contribution is 2.33. The number of fused-ring (bicyclic) bond motifs is 3. The van der Waals surface area contributed by atoms with Crippen LogP contribution < -0.4 is 10.6 Å². The summed E-state index contributed by atoms with van der Waals surface area (Å²) in [5.74, 6) is -0.673. The number of amides is 3. The number of ether oxygens (including phenoxy) is 1. The summed E-state index contributed by atoms with van der Waals surface area (Å²) >= 11 is 6.38. The molecule has 0 bridgehead atoms. The maximum atomic E-state index is 13.5. The van der Waals surface area contributed by atoms with Crippen LogP contribution >= 0.6 is 11.6 Å². The number of piperazine rings is 1. The van der Waals surface area contributed by atoms with Gasteiger partial charge < -0.3 is 25.3 Å². The lowest BCUT2D eigenvalue weighted by Crippen LogP contribution is -2.61. The minimum absolute atomic E-state index is 0.0150. The summed E-state index contributed by atoms with van der Waals surface area (Å²) in [7, 11) is 0. The molecule has 3 aromatic rings. The molecule has 0 unspecified atom stereocenters. The molecular weight excluding hydrogens is 472 g/mol. The molecule has 1 aromatic carbocycles. The van der Waals surface area contributed by atoms with Gasteiger partial charge in [-0.15, -0.1) is 0 Å². The summed E-state index contributed by atoms with van der Waals surface area (Å²) in [5.41, 5.74) is 1.59. The van der Waals surface area contributed by atoms with E-state index in [2.05, 4.69) is 20.6 Å². The molecule has 3 amide bonds. The molecule has 11 heteroatoms. The number of halogens is 1. The molecule has 10 nitrogen and oxygen atoms in total. The van der Waals surface area contributed by atoms with Gasteiger partial charge in [0, 0.05) is 41.6 Å². The Morgan fingerprint density at radius 3 is 2.94 bits per heavy atom. The normalized spacial score (nSPS) is 20.7. The topological polar surface area (TPSA) is 120 Å². The third-order valence-corrected chi connectivity index (χ3v) is 6.64. The molecule has 0 aliphatic carbocycles. The quantitative estimate of drug-likeness (QED) is 0.504. The van der Waals surface area contributed by atoms with Crippen molar-refractivity contribution in [3.05, 3.63) is 35.6 Å². The maximum Gasteiger partial charge on any atom is 0.244 e. The highest BCUT2D eigenvalue weighted by molar-refractivity contribution is 6.33. The predicted molar refractivity (Wildman–Crippen MR) is 132 cm³/mol. The van der Waals surface area contributed by atoms with E-state index in [-0.39, 0.29) is 37.4 Å². The molecule has 0 spiro atoms. The van der Waals surface area contributed by atoms with Gasteiger partial charge in [-0.05, 0) is 32.0 Å². The lowest BCUT2D eigenvalue weighted by atomic mass is 10.0. The molecule has 3 N–H and O–H groups in total. The van der Waals surface area contributed by atoms with Crippen molar-refractivity contribution in [1.82, 2.24) is 25.1 Å². The highest BCUT2D eigenvalue weighted by Gasteiger charge is 2.39. The molecule has 2 aromatic heterocycles. The van der Waals surface area contributed by atoms with Crippen molar-refractivity contribution in [1.29, 1.82) is 0 Å².